The SMILES string of the molecule is CC(=O)OC1CC2(C)CC(C13CO3)C1(C)CCCC21C. The van der Waals surface area contributed by atoms with Crippen molar-refractivity contribution in [3.05, 3.63) is 0 Å². The van der Waals surface area contributed by atoms with Crippen molar-refractivity contribution in [1.82, 2.24) is 0 Å². The maximum Gasteiger partial charge on any atom is 0.303 e. The number of esters is 1. The lowest BCUT2D eigenvalue weighted by molar-refractivity contribution is -0.157. The van der Waals surface area contributed by atoms with Crippen LogP contribution in [0.2, 0.25) is 0 Å². The molecule has 1 heterocycles. The molecule has 2 bridgehead atoms. The predicted octanol–water partition coefficient (Wildman–Crippen LogP) is 3.31. The van der Waals surface area contributed by atoms with Crippen molar-refractivity contribution in [2.75, 3.05) is 6.61 Å². The summed E-state index contributed by atoms with van der Waals surface area (Å²) in [6.07, 6.45) is 6.17. The van der Waals surface area contributed by atoms with E-state index in [9.17, 15) is 4.79 Å². The molecular formula is C17H26O3. The van der Waals surface area contributed by atoms with Gasteiger partial charge in [-0.05, 0) is 41.9 Å². The third-order valence-corrected chi connectivity index (χ3v) is 7.95. The van der Waals surface area contributed by atoms with Crippen molar-refractivity contribution >= 4 is 5.97 Å². The van der Waals surface area contributed by atoms with Crippen LogP contribution in [0.3, 0.4) is 0 Å². The molecule has 0 aromatic carbocycles. The Morgan fingerprint density at radius 2 is 1.90 bits per heavy atom. The summed E-state index contributed by atoms with van der Waals surface area (Å²) < 4.78 is 11.7. The van der Waals surface area contributed by atoms with E-state index >= 15 is 0 Å². The maximum atomic E-state index is 11.5. The Morgan fingerprint density at radius 1 is 1.20 bits per heavy atom. The predicted molar refractivity (Wildman–Crippen MR) is 75.1 cm³/mol. The molecule has 112 valence electrons. The van der Waals surface area contributed by atoms with Crippen LogP contribution in [0, 0.1) is 22.2 Å². The molecule has 0 aromatic heterocycles. The summed E-state index contributed by atoms with van der Waals surface area (Å²) in [5.41, 5.74) is 0.869. The molecule has 0 radical (unpaired) electrons. The van der Waals surface area contributed by atoms with Gasteiger partial charge in [-0.1, -0.05) is 27.2 Å². The van der Waals surface area contributed by atoms with E-state index in [1.807, 2.05) is 0 Å². The van der Waals surface area contributed by atoms with E-state index in [2.05, 4.69) is 20.8 Å². The van der Waals surface area contributed by atoms with Gasteiger partial charge in [-0.15, -0.1) is 0 Å². The van der Waals surface area contributed by atoms with Crippen LogP contribution in [0.5, 0.6) is 0 Å². The number of epoxide rings is 1. The van der Waals surface area contributed by atoms with Gasteiger partial charge in [0.25, 0.3) is 0 Å². The van der Waals surface area contributed by atoms with Crippen LogP contribution in [0.4, 0.5) is 0 Å². The zero-order valence-corrected chi connectivity index (χ0v) is 13.1. The number of carbonyl (C=O) groups excluding carboxylic acids is 1. The number of carbonyl (C=O) groups is 1. The van der Waals surface area contributed by atoms with Crippen molar-refractivity contribution in [3.63, 3.8) is 0 Å². The Kier molecular flexibility index (Phi) is 2.25. The minimum Gasteiger partial charge on any atom is -0.459 e. The molecule has 4 aliphatic rings. The molecule has 3 heteroatoms. The Bertz CT molecular complexity index is 483. The Balaban J connectivity index is 1.80. The molecule has 6 atom stereocenters. The van der Waals surface area contributed by atoms with Gasteiger partial charge in [0.1, 0.15) is 11.7 Å². The number of hydrogen-bond acceptors (Lipinski definition) is 3. The zero-order valence-electron chi connectivity index (χ0n) is 13.1. The van der Waals surface area contributed by atoms with E-state index in [1.54, 1.807) is 0 Å². The van der Waals surface area contributed by atoms with Gasteiger partial charge in [-0.25, -0.2) is 0 Å². The van der Waals surface area contributed by atoms with Crippen molar-refractivity contribution in [1.29, 1.82) is 0 Å². The van der Waals surface area contributed by atoms with E-state index in [4.69, 9.17) is 9.47 Å². The summed E-state index contributed by atoms with van der Waals surface area (Å²) >= 11 is 0. The third kappa shape index (κ3) is 1.21. The molecule has 4 fully saturated rings. The molecule has 1 saturated heterocycles. The number of ether oxygens (including phenoxy) is 2. The van der Waals surface area contributed by atoms with Gasteiger partial charge < -0.3 is 9.47 Å². The first-order valence-electron chi connectivity index (χ1n) is 8.09. The maximum absolute atomic E-state index is 11.5. The molecule has 4 rings (SSSR count). The lowest BCUT2D eigenvalue weighted by Gasteiger charge is -2.46. The fourth-order valence-electron chi connectivity index (χ4n) is 6.46. The molecule has 1 aliphatic heterocycles. The van der Waals surface area contributed by atoms with Gasteiger partial charge in [0.05, 0.1) is 6.61 Å². The first kappa shape index (κ1) is 13.1. The zero-order chi connectivity index (χ0) is 14.4. The van der Waals surface area contributed by atoms with Gasteiger partial charge in [0.2, 0.25) is 0 Å². The lowest BCUT2D eigenvalue weighted by Crippen LogP contribution is -2.48. The number of hydrogen-bond donors (Lipinski definition) is 0. The van der Waals surface area contributed by atoms with Crippen molar-refractivity contribution < 1.29 is 14.3 Å². The summed E-state index contributed by atoms with van der Waals surface area (Å²) in [6.45, 7) is 9.72. The Morgan fingerprint density at radius 3 is 2.50 bits per heavy atom. The fourth-order valence-corrected chi connectivity index (χ4v) is 6.46. The van der Waals surface area contributed by atoms with E-state index < -0.39 is 0 Å². The second kappa shape index (κ2) is 3.43. The van der Waals surface area contributed by atoms with Crippen LogP contribution in [-0.4, -0.2) is 24.3 Å². The van der Waals surface area contributed by atoms with Crippen molar-refractivity contribution in [3.8, 4) is 0 Å². The fraction of sp³-hybridized carbons (Fsp3) is 0.941. The molecular weight excluding hydrogens is 252 g/mol. The van der Waals surface area contributed by atoms with E-state index in [0.29, 0.717) is 22.2 Å². The molecule has 1 spiro atoms. The van der Waals surface area contributed by atoms with Crippen LogP contribution in [0.25, 0.3) is 0 Å². The minimum absolute atomic E-state index is 0.0250. The lowest BCUT2D eigenvalue weighted by atomic mass is 9.59. The quantitative estimate of drug-likeness (QED) is 0.545. The molecule has 0 N–H and O–H groups in total. The number of fused-ring (bicyclic) bond motifs is 6. The minimum atomic E-state index is -0.157. The van der Waals surface area contributed by atoms with E-state index in [0.717, 1.165) is 13.0 Å². The van der Waals surface area contributed by atoms with Crippen LogP contribution >= 0.6 is 0 Å². The highest BCUT2D eigenvalue weighted by Crippen LogP contribution is 2.79. The van der Waals surface area contributed by atoms with Crippen LogP contribution < -0.4 is 0 Å². The highest BCUT2D eigenvalue weighted by Gasteiger charge is 2.79. The highest BCUT2D eigenvalue weighted by molar-refractivity contribution is 5.66. The summed E-state index contributed by atoms with van der Waals surface area (Å²) in [4.78, 5) is 11.5. The Hall–Kier alpha value is -0.570. The average molecular weight is 278 g/mol. The third-order valence-electron chi connectivity index (χ3n) is 7.95. The second-order valence-corrected chi connectivity index (χ2v) is 8.47. The topological polar surface area (TPSA) is 38.8 Å². The van der Waals surface area contributed by atoms with Gasteiger partial charge in [-0.3, -0.25) is 4.79 Å². The van der Waals surface area contributed by atoms with Gasteiger partial charge in [0, 0.05) is 12.8 Å². The smallest absolute Gasteiger partial charge is 0.303 e. The molecule has 3 aliphatic carbocycles. The average Bonchev–Trinajstić information content (AvgIpc) is 3.04. The summed E-state index contributed by atoms with van der Waals surface area (Å²) in [7, 11) is 0. The molecule has 0 aromatic rings. The standard InChI is InChI=1S/C17H26O3/c1-11(18)20-13-9-14(2)8-12(17(13)10-19-17)15(3)6-5-7-16(14,15)4/h12-13H,5-10H2,1-4H3. The Labute approximate surface area is 121 Å². The summed E-state index contributed by atoms with van der Waals surface area (Å²) in [5.74, 6) is 0.404. The first-order valence-corrected chi connectivity index (χ1v) is 8.09. The van der Waals surface area contributed by atoms with Crippen molar-refractivity contribution in [2.24, 2.45) is 22.2 Å². The monoisotopic (exact) mass is 278 g/mol. The van der Waals surface area contributed by atoms with Gasteiger partial charge in [-0.2, -0.15) is 0 Å². The van der Waals surface area contributed by atoms with Gasteiger partial charge >= 0.3 is 5.97 Å². The van der Waals surface area contributed by atoms with Crippen LogP contribution in [-0.2, 0) is 14.3 Å². The highest BCUT2D eigenvalue weighted by atomic mass is 16.6. The van der Waals surface area contributed by atoms with Crippen LogP contribution in [0.1, 0.15) is 59.8 Å². The van der Waals surface area contributed by atoms with E-state index in [-0.39, 0.29) is 17.7 Å². The molecule has 20 heavy (non-hydrogen) atoms. The molecule has 0 amide bonds. The van der Waals surface area contributed by atoms with Crippen LogP contribution in [0.15, 0.2) is 0 Å². The van der Waals surface area contributed by atoms with Gasteiger partial charge in [0.15, 0.2) is 0 Å². The number of rotatable bonds is 1. The molecule has 3 saturated carbocycles. The normalized spacial score (nSPS) is 59.6. The summed E-state index contributed by atoms with van der Waals surface area (Å²) in [5, 5.41) is 0. The van der Waals surface area contributed by atoms with Crippen molar-refractivity contribution in [2.45, 2.75) is 71.5 Å². The largest absolute Gasteiger partial charge is 0.459 e. The molecule has 6 unspecified atom stereocenters. The van der Waals surface area contributed by atoms with E-state index in [1.165, 1.54) is 32.6 Å². The summed E-state index contributed by atoms with van der Waals surface area (Å²) in [6, 6.07) is 0. The second-order valence-electron chi connectivity index (χ2n) is 8.47. The molecule has 3 nitrogen and oxygen atoms in total. The first-order chi connectivity index (χ1) is 9.28.